The van der Waals surface area contributed by atoms with Crippen LogP contribution in [0.25, 0.3) is 0 Å². The molecular weight excluding hydrogens is 559 g/mol. The number of nitrogens with zero attached hydrogens (tertiary/aromatic N) is 2. The molecular formula is C32H28Cl2N4O3. The molecule has 2 atom stereocenters. The molecule has 3 heterocycles. The van der Waals surface area contributed by atoms with E-state index in [1.807, 2.05) is 35.8 Å². The lowest BCUT2D eigenvalue weighted by Crippen LogP contribution is -2.47. The van der Waals surface area contributed by atoms with Crippen LogP contribution in [0.4, 0.5) is 17.1 Å². The zero-order valence-corrected chi connectivity index (χ0v) is 23.9. The maximum absolute atomic E-state index is 13.4. The van der Waals surface area contributed by atoms with Crippen LogP contribution in [0.15, 0.2) is 83.7 Å². The van der Waals surface area contributed by atoms with Gasteiger partial charge in [-0.3, -0.25) is 14.4 Å². The van der Waals surface area contributed by atoms with Gasteiger partial charge in [0.15, 0.2) is 0 Å². The molecule has 1 fully saturated rings. The van der Waals surface area contributed by atoms with Gasteiger partial charge in [0.2, 0.25) is 0 Å². The number of aromatic nitrogens is 1. The number of hydrogen-bond acceptors (Lipinski definition) is 4. The predicted molar refractivity (Wildman–Crippen MR) is 164 cm³/mol. The molecule has 2 bridgehead atoms. The van der Waals surface area contributed by atoms with Crippen molar-refractivity contribution in [3.63, 3.8) is 0 Å². The van der Waals surface area contributed by atoms with Gasteiger partial charge in [-0.2, -0.15) is 0 Å². The zero-order valence-electron chi connectivity index (χ0n) is 22.4. The monoisotopic (exact) mass is 586 g/mol. The lowest BCUT2D eigenvalue weighted by atomic mass is 9.83. The minimum absolute atomic E-state index is 0.0312. The summed E-state index contributed by atoms with van der Waals surface area (Å²) in [6.07, 6.45) is 1.00. The van der Waals surface area contributed by atoms with Crippen LogP contribution in [0.3, 0.4) is 0 Å². The van der Waals surface area contributed by atoms with Crippen LogP contribution in [-0.4, -0.2) is 29.5 Å². The van der Waals surface area contributed by atoms with Gasteiger partial charge in [0.25, 0.3) is 17.4 Å². The Morgan fingerprint density at radius 2 is 1.63 bits per heavy atom. The Bertz CT molecular complexity index is 1730. The van der Waals surface area contributed by atoms with Crippen LogP contribution in [0.5, 0.6) is 0 Å². The highest BCUT2D eigenvalue weighted by Gasteiger charge is 2.35. The number of rotatable bonds is 5. The fourth-order valence-electron chi connectivity index (χ4n) is 5.90. The first-order valence-corrected chi connectivity index (χ1v) is 14.2. The van der Waals surface area contributed by atoms with E-state index in [-0.39, 0.29) is 29.2 Å². The molecule has 2 unspecified atom stereocenters. The third-order valence-corrected chi connectivity index (χ3v) is 8.46. The second kappa shape index (κ2) is 11.1. The minimum Gasteiger partial charge on any atom is -0.369 e. The number of carbonyl (C=O) groups is 2. The summed E-state index contributed by atoms with van der Waals surface area (Å²) in [6.45, 7) is 3.95. The molecule has 2 N–H and O–H groups in total. The molecule has 208 valence electrons. The van der Waals surface area contributed by atoms with E-state index in [1.165, 1.54) is 0 Å². The van der Waals surface area contributed by atoms with Crippen molar-refractivity contribution in [2.75, 3.05) is 28.6 Å². The highest BCUT2D eigenvalue weighted by Crippen LogP contribution is 2.39. The summed E-state index contributed by atoms with van der Waals surface area (Å²) in [5, 5.41) is 6.81. The first-order chi connectivity index (χ1) is 19.8. The number of pyridine rings is 1. The quantitative estimate of drug-likeness (QED) is 0.276. The first kappa shape index (κ1) is 27.1. The number of anilines is 3. The van der Waals surface area contributed by atoms with E-state index in [0.29, 0.717) is 45.6 Å². The zero-order chi connectivity index (χ0) is 28.7. The molecule has 0 saturated carbocycles. The molecule has 1 saturated heterocycles. The van der Waals surface area contributed by atoms with Gasteiger partial charge in [0, 0.05) is 53.6 Å². The maximum Gasteiger partial charge on any atom is 0.257 e. The number of aryl methyl sites for hydroxylation is 1. The van der Waals surface area contributed by atoms with Crippen LogP contribution in [0.2, 0.25) is 10.0 Å². The van der Waals surface area contributed by atoms with E-state index in [2.05, 4.69) is 15.5 Å². The number of fused-ring (bicyclic) bond motifs is 4. The molecule has 7 nitrogen and oxygen atoms in total. The Hall–Kier alpha value is -4.07. The summed E-state index contributed by atoms with van der Waals surface area (Å²) in [6, 6.07) is 23.0. The summed E-state index contributed by atoms with van der Waals surface area (Å²) in [4.78, 5) is 41.4. The van der Waals surface area contributed by atoms with Crippen LogP contribution in [0.1, 0.15) is 44.3 Å². The van der Waals surface area contributed by atoms with Gasteiger partial charge in [-0.15, -0.1) is 0 Å². The van der Waals surface area contributed by atoms with Gasteiger partial charge in [-0.1, -0.05) is 47.5 Å². The van der Waals surface area contributed by atoms with Crippen molar-refractivity contribution in [1.82, 2.24) is 4.57 Å². The number of benzene rings is 3. The lowest BCUT2D eigenvalue weighted by Gasteiger charge is -2.44. The van der Waals surface area contributed by atoms with E-state index >= 15 is 0 Å². The molecule has 4 aromatic rings. The maximum atomic E-state index is 13.4. The molecule has 1 aromatic heterocycles. The smallest absolute Gasteiger partial charge is 0.257 e. The average Bonchev–Trinajstić information content (AvgIpc) is 2.95. The summed E-state index contributed by atoms with van der Waals surface area (Å²) < 4.78 is 1.89. The van der Waals surface area contributed by atoms with E-state index in [1.54, 1.807) is 54.6 Å². The fourth-order valence-corrected chi connectivity index (χ4v) is 6.30. The van der Waals surface area contributed by atoms with Crippen molar-refractivity contribution in [3.05, 3.63) is 122 Å². The number of carbonyl (C=O) groups excluding carboxylic acids is 2. The molecule has 9 heteroatoms. The summed E-state index contributed by atoms with van der Waals surface area (Å²) in [7, 11) is 0. The molecule has 2 aliphatic rings. The Kier molecular flexibility index (Phi) is 7.32. The van der Waals surface area contributed by atoms with Gasteiger partial charge in [-0.05, 0) is 73.4 Å². The van der Waals surface area contributed by atoms with Crippen LogP contribution >= 0.6 is 23.2 Å². The van der Waals surface area contributed by atoms with Crippen molar-refractivity contribution in [3.8, 4) is 0 Å². The number of piperidine rings is 1. The third kappa shape index (κ3) is 5.47. The van der Waals surface area contributed by atoms with E-state index in [4.69, 9.17) is 23.2 Å². The van der Waals surface area contributed by atoms with Crippen molar-refractivity contribution in [1.29, 1.82) is 0 Å². The largest absolute Gasteiger partial charge is 0.369 e. The number of amides is 2. The average molecular weight is 588 g/mol. The minimum atomic E-state index is -0.366. The van der Waals surface area contributed by atoms with Gasteiger partial charge >= 0.3 is 0 Å². The third-order valence-electron chi connectivity index (χ3n) is 7.89. The Morgan fingerprint density at radius 1 is 0.829 bits per heavy atom. The van der Waals surface area contributed by atoms with Gasteiger partial charge < -0.3 is 20.1 Å². The van der Waals surface area contributed by atoms with Crippen LogP contribution in [0, 0.1) is 12.8 Å². The number of nitrogens with one attached hydrogen (secondary N) is 2. The van der Waals surface area contributed by atoms with Gasteiger partial charge in [0.1, 0.15) is 0 Å². The topological polar surface area (TPSA) is 83.4 Å². The molecule has 3 aromatic carbocycles. The summed E-state index contributed by atoms with van der Waals surface area (Å²) >= 11 is 12.5. The number of hydrogen-bond donors (Lipinski definition) is 2. The van der Waals surface area contributed by atoms with Crippen LogP contribution in [-0.2, 0) is 6.54 Å². The Balaban J connectivity index is 1.35. The summed E-state index contributed by atoms with van der Waals surface area (Å²) in [5.74, 6) is -0.229. The molecule has 2 aliphatic heterocycles. The second-order valence-corrected chi connectivity index (χ2v) is 11.5. The first-order valence-electron chi connectivity index (χ1n) is 13.5. The van der Waals surface area contributed by atoms with E-state index in [0.717, 1.165) is 29.9 Å². The SMILES string of the molecule is Cc1ccc(Cl)cc1NC(=O)c1ccc(N2CC3CC(C2)c2cccc(=O)n2C3)c(NC(=O)c2ccccc2Cl)c1. The van der Waals surface area contributed by atoms with Crippen molar-refractivity contribution in [2.45, 2.75) is 25.8 Å². The fraction of sp³-hybridized carbons (Fsp3) is 0.219. The lowest BCUT2D eigenvalue weighted by molar-refractivity contribution is 0.101. The van der Waals surface area contributed by atoms with Crippen LogP contribution < -0.4 is 21.1 Å². The van der Waals surface area contributed by atoms with Gasteiger partial charge in [0.05, 0.1) is 22.0 Å². The standard InChI is InChI=1S/C32H28Cl2N4O3/c1-19-9-11-23(33)15-26(19)35-31(40)21-10-12-29(27(14-21)36-32(41)24-5-2-3-6-25(24)34)37-16-20-13-22(18-37)28-7-4-8-30(39)38(28)17-20/h2-12,14-15,20,22H,13,16-18H2,1H3,(H,35,40)(H,36,41). The highest BCUT2D eigenvalue weighted by atomic mass is 35.5. The predicted octanol–water partition coefficient (Wildman–Crippen LogP) is 6.59. The van der Waals surface area contributed by atoms with Gasteiger partial charge in [-0.25, -0.2) is 0 Å². The summed E-state index contributed by atoms with van der Waals surface area (Å²) in [5.41, 5.74) is 4.61. The number of halogens is 2. The Morgan fingerprint density at radius 3 is 2.46 bits per heavy atom. The molecule has 2 amide bonds. The molecule has 0 radical (unpaired) electrons. The second-order valence-electron chi connectivity index (χ2n) is 10.7. The highest BCUT2D eigenvalue weighted by molar-refractivity contribution is 6.34. The van der Waals surface area contributed by atoms with E-state index < -0.39 is 0 Å². The molecule has 6 rings (SSSR count). The van der Waals surface area contributed by atoms with Crippen molar-refractivity contribution >= 4 is 52.1 Å². The molecule has 0 aliphatic carbocycles. The van der Waals surface area contributed by atoms with E-state index in [9.17, 15) is 14.4 Å². The Labute approximate surface area is 247 Å². The molecule has 0 spiro atoms. The molecule has 41 heavy (non-hydrogen) atoms. The normalized spacial score (nSPS) is 17.5. The van der Waals surface area contributed by atoms with Crippen molar-refractivity contribution in [2.24, 2.45) is 5.92 Å². The van der Waals surface area contributed by atoms with Crippen molar-refractivity contribution < 1.29 is 9.59 Å².